The van der Waals surface area contributed by atoms with Crippen molar-refractivity contribution in [1.82, 2.24) is 0 Å². The second-order valence-electron chi connectivity index (χ2n) is 4.70. The van der Waals surface area contributed by atoms with Crippen molar-refractivity contribution in [2.45, 2.75) is 6.92 Å². The quantitative estimate of drug-likeness (QED) is 0.631. The summed E-state index contributed by atoms with van der Waals surface area (Å²) in [5, 5.41) is 2.76. The zero-order valence-corrected chi connectivity index (χ0v) is 12.7. The van der Waals surface area contributed by atoms with Gasteiger partial charge in [-0.2, -0.15) is 0 Å². The van der Waals surface area contributed by atoms with E-state index >= 15 is 0 Å². The number of esters is 1. The Morgan fingerprint density at radius 1 is 1.13 bits per heavy atom. The lowest BCUT2D eigenvalue weighted by molar-refractivity contribution is -0.145. The molecule has 1 amide bonds. The van der Waals surface area contributed by atoms with Crippen LogP contribution in [-0.2, 0) is 9.53 Å². The van der Waals surface area contributed by atoms with E-state index < -0.39 is 5.97 Å². The molecule has 0 saturated carbocycles. The molecule has 0 unspecified atom stereocenters. The Morgan fingerprint density at radius 3 is 2.57 bits per heavy atom. The first kappa shape index (κ1) is 16.4. The third-order valence-corrected chi connectivity index (χ3v) is 2.93. The number of nitrogens with one attached hydrogen (secondary N) is 1. The molecule has 120 valence electrons. The third kappa shape index (κ3) is 5.03. The lowest BCUT2D eigenvalue weighted by atomic mass is 10.2. The number of nitrogen functional groups attached to an aromatic ring is 1. The van der Waals surface area contributed by atoms with Gasteiger partial charge in [0.05, 0.1) is 6.61 Å². The minimum atomic E-state index is -0.454. The average Bonchev–Trinajstić information content (AvgIpc) is 2.55. The van der Waals surface area contributed by atoms with E-state index in [1.807, 2.05) is 0 Å². The molecule has 6 nitrogen and oxygen atoms in total. The van der Waals surface area contributed by atoms with Gasteiger partial charge in [-0.1, -0.05) is 6.07 Å². The van der Waals surface area contributed by atoms with Crippen LogP contribution in [-0.4, -0.2) is 25.1 Å². The highest BCUT2D eigenvalue weighted by atomic mass is 16.6. The Balaban J connectivity index is 1.99. The summed E-state index contributed by atoms with van der Waals surface area (Å²) in [6.07, 6.45) is 0. The van der Waals surface area contributed by atoms with Crippen LogP contribution in [0, 0.1) is 0 Å². The maximum Gasteiger partial charge on any atom is 0.344 e. The van der Waals surface area contributed by atoms with Gasteiger partial charge >= 0.3 is 5.97 Å². The number of carbonyl (C=O) groups is 2. The Hall–Kier alpha value is -3.02. The van der Waals surface area contributed by atoms with Gasteiger partial charge in [-0.15, -0.1) is 0 Å². The highest BCUT2D eigenvalue weighted by Crippen LogP contribution is 2.16. The SMILES string of the molecule is CCOC(=O)COc1cccc(C(=O)Nc2ccc(N)cc2)c1. The minimum absolute atomic E-state index is 0.198. The second kappa shape index (κ2) is 7.84. The highest BCUT2D eigenvalue weighted by molar-refractivity contribution is 6.04. The molecule has 6 heteroatoms. The van der Waals surface area contributed by atoms with Crippen molar-refractivity contribution >= 4 is 23.3 Å². The number of benzene rings is 2. The molecule has 0 aliphatic carbocycles. The summed E-state index contributed by atoms with van der Waals surface area (Å²) in [4.78, 5) is 23.5. The van der Waals surface area contributed by atoms with Gasteiger partial charge in [0.1, 0.15) is 5.75 Å². The van der Waals surface area contributed by atoms with Gasteiger partial charge in [0.2, 0.25) is 0 Å². The molecule has 2 rings (SSSR count). The molecule has 0 aliphatic heterocycles. The number of rotatable bonds is 6. The number of nitrogens with two attached hydrogens (primary N) is 1. The molecule has 0 radical (unpaired) electrons. The van der Waals surface area contributed by atoms with Crippen LogP contribution in [0.5, 0.6) is 5.75 Å². The van der Waals surface area contributed by atoms with E-state index in [1.54, 1.807) is 55.5 Å². The van der Waals surface area contributed by atoms with E-state index in [9.17, 15) is 9.59 Å². The Morgan fingerprint density at radius 2 is 1.87 bits per heavy atom. The monoisotopic (exact) mass is 314 g/mol. The van der Waals surface area contributed by atoms with E-state index in [2.05, 4.69) is 5.32 Å². The van der Waals surface area contributed by atoms with E-state index in [4.69, 9.17) is 15.2 Å². The van der Waals surface area contributed by atoms with Gasteiger partial charge in [-0.05, 0) is 49.4 Å². The van der Waals surface area contributed by atoms with Gasteiger partial charge in [0.25, 0.3) is 5.91 Å². The van der Waals surface area contributed by atoms with Crippen LogP contribution >= 0.6 is 0 Å². The number of carbonyl (C=O) groups excluding carboxylic acids is 2. The zero-order chi connectivity index (χ0) is 16.7. The Kier molecular flexibility index (Phi) is 5.57. The summed E-state index contributed by atoms with van der Waals surface area (Å²) in [7, 11) is 0. The number of anilines is 2. The minimum Gasteiger partial charge on any atom is -0.482 e. The summed E-state index contributed by atoms with van der Waals surface area (Å²) >= 11 is 0. The van der Waals surface area contributed by atoms with Crippen molar-refractivity contribution in [3.8, 4) is 5.75 Å². The summed E-state index contributed by atoms with van der Waals surface area (Å²) in [6, 6.07) is 13.4. The number of amides is 1. The predicted octanol–water partition coefficient (Wildman–Crippen LogP) is 2.46. The van der Waals surface area contributed by atoms with Crippen LogP contribution in [0.3, 0.4) is 0 Å². The average molecular weight is 314 g/mol. The first-order chi connectivity index (χ1) is 11.1. The molecule has 0 bridgehead atoms. The van der Waals surface area contributed by atoms with Crippen LogP contribution in [0.4, 0.5) is 11.4 Å². The van der Waals surface area contributed by atoms with Crippen molar-refractivity contribution in [2.75, 3.05) is 24.3 Å². The fourth-order valence-electron chi connectivity index (χ4n) is 1.84. The van der Waals surface area contributed by atoms with Crippen molar-refractivity contribution in [1.29, 1.82) is 0 Å². The molecule has 23 heavy (non-hydrogen) atoms. The molecule has 0 saturated heterocycles. The second-order valence-corrected chi connectivity index (χ2v) is 4.70. The van der Waals surface area contributed by atoms with Crippen molar-refractivity contribution in [2.24, 2.45) is 0 Å². The van der Waals surface area contributed by atoms with Crippen LogP contribution in [0.25, 0.3) is 0 Å². The normalized spacial score (nSPS) is 9.96. The topological polar surface area (TPSA) is 90.6 Å². The fourth-order valence-corrected chi connectivity index (χ4v) is 1.84. The summed E-state index contributed by atoms with van der Waals surface area (Å²) in [6.45, 7) is 1.82. The standard InChI is InChI=1S/C17H18N2O4/c1-2-22-16(20)11-23-15-5-3-4-12(10-15)17(21)19-14-8-6-13(18)7-9-14/h3-10H,2,11,18H2,1H3,(H,19,21). The molecule has 3 N–H and O–H groups in total. The highest BCUT2D eigenvalue weighted by Gasteiger charge is 2.09. The lowest BCUT2D eigenvalue weighted by Crippen LogP contribution is -2.15. The molecular weight excluding hydrogens is 296 g/mol. The van der Waals surface area contributed by atoms with Gasteiger partial charge in [-0.3, -0.25) is 4.79 Å². The lowest BCUT2D eigenvalue weighted by Gasteiger charge is -2.08. The summed E-state index contributed by atoms with van der Waals surface area (Å²) < 4.78 is 10.1. The maximum absolute atomic E-state index is 12.2. The number of hydrogen-bond acceptors (Lipinski definition) is 5. The third-order valence-electron chi connectivity index (χ3n) is 2.93. The van der Waals surface area contributed by atoms with E-state index in [0.717, 1.165) is 0 Å². The van der Waals surface area contributed by atoms with Crippen LogP contribution < -0.4 is 15.8 Å². The molecular formula is C17H18N2O4. The van der Waals surface area contributed by atoms with E-state index in [0.29, 0.717) is 29.3 Å². The predicted molar refractivity (Wildman–Crippen MR) is 87.4 cm³/mol. The first-order valence-electron chi connectivity index (χ1n) is 7.14. The Labute approximate surface area is 134 Å². The van der Waals surface area contributed by atoms with Gasteiger partial charge in [-0.25, -0.2) is 4.79 Å². The summed E-state index contributed by atoms with van der Waals surface area (Å²) in [5.74, 6) is -0.316. The number of ether oxygens (including phenoxy) is 2. The molecule has 0 heterocycles. The molecule has 0 aliphatic rings. The van der Waals surface area contributed by atoms with Crippen molar-refractivity contribution < 1.29 is 19.1 Å². The molecule has 0 spiro atoms. The smallest absolute Gasteiger partial charge is 0.344 e. The van der Waals surface area contributed by atoms with Gasteiger partial charge in [0, 0.05) is 16.9 Å². The van der Waals surface area contributed by atoms with E-state index in [1.165, 1.54) is 0 Å². The molecule has 0 aromatic heterocycles. The van der Waals surface area contributed by atoms with Gasteiger partial charge < -0.3 is 20.5 Å². The van der Waals surface area contributed by atoms with Crippen molar-refractivity contribution in [3.63, 3.8) is 0 Å². The first-order valence-corrected chi connectivity index (χ1v) is 7.14. The van der Waals surface area contributed by atoms with Crippen LogP contribution in [0.15, 0.2) is 48.5 Å². The molecule has 2 aromatic carbocycles. The Bertz CT molecular complexity index is 683. The van der Waals surface area contributed by atoms with E-state index in [-0.39, 0.29) is 12.5 Å². The zero-order valence-electron chi connectivity index (χ0n) is 12.7. The molecule has 2 aromatic rings. The maximum atomic E-state index is 12.2. The van der Waals surface area contributed by atoms with Crippen molar-refractivity contribution in [3.05, 3.63) is 54.1 Å². The van der Waals surface area contributed by atoms with Crippen LogP contribution in [0.1, 0.15) is 17.3 Å². The number of hydrogen-bond donors (Lipinski definition) is 2. The van der Waals surface area contributed by atoms with Gasteiger partial charge in [0.15, 0.2) is 6.61 Å². The fraction of sp³-hybridized carbons (Fsp3) is 0.176. The molecule has 0 fully saturated rings. The largest absolute Gasteiger partial charge is 0.482 e. The summed E-state index contributed by atoms with van der Waals surface area (Å²) in [5.41, 5.74) is 7.28. The molecule has 0 atom stereocenters. The van der Waals surface area contributed by atoms with Crippen LogP contribution in [0.2, 0.25) is 0 Å².